The fourth-order valence-corrected chi connectivity index (χ4v) is 2.17. The molecule has 0 amide bonds. The molecule has 0 aromatic carbocycles. The van der Waals surface area contributed by atoms with Crippen molar-refractivity contribution in [2.75, 3.05) is 0 Å². The van der Waals surface area contributed by atoms with Crippen LogP contribution in [-0.4, -0.2) is 9.38 Å². The first-order valence-corrected chi connectivity index (χ1v) is 6.37. The van der Waals surface area contributed by atoms with Crippen LogP contribution in [-0.2, 0) is 6.42 Å². The smallest absolute Gasteiger partial charge is 0.137 e. The van der Waals surface area contributed by atoms with E-state index < -0.39 is 0 Å². The van der Waals surface area contributed by atoms with Crippen molar-refractivity contribution in [1.29, 1.82) is 0 Å². The Kier molecular flexibility index (Phi) is 2.85. The topological polar surface area (TPSA) is 17.3 Å². The van der Waals surface area contributed by atoms with Gasteiger partial charge in [-0.05, 0) is 36.1 Å². The minimum absolute atomic E-state index is 0.942. The molecule has 0 spiro atoms. The van der Waals surface area contributed by atoms with Gasteiger partial charge in [0.05, 0.1) is 5.69 Å². The van der Waals surface area contributed by atoms with Gasteiger partial charge in [0.25, 0.3) is 0 Å². The van der Waals surface area contributed by atoms with E-state index in [-0.39, 0.29) is 0 Å². The van der Waals surface area contributed by atoms with Crippen molar-refractivity contribution in [2.45, 2.75) is 19.8 Å². The second kappa shape index (κ2) is 4.65. The normalized spacial score (nSPS) is 14.8. The average Bonchev–Trinajstić information content (AvgIpc) is 2.63. The highest BCUT2D eigenvalue weighted by Crippen LogP contribution is 2.21. The lowest BCUT2D eigenvalue weighted by atomic mass is 10.1. The van der Waals surface area contributed by atoms with Crippen LogP contribution in [0.5, 0.6) is 0 Å². The molecular weight excluding hydrogens is 220 g/mol. The molecule has 2 aromatic rings. The number of hydrogen-bond donors (Lipinski definition) is 0. The number of hydrogen-bond acceptors (Lipinski definition) is 1. The molecule has 90 valence electrons. The SMILES string of the molecule is CCc1ccn2cc(C3=CC=CC=CC3)nc2c1. The van der Waals surface area contributed by atoms with Crippen LogP contribution in [0.4, 0.5) is 0 Å². The summed E-state index contributed by atoms with van der Waals surface area (Å²) in [5.74, 6) is 0. The molecule has 1 aliphatic rings. The lowest BCUT2D eigenvalue weighted by Gasteiger charge is -1.96. The second-order valence-corrected chi connectivity index (χ2v) is 4.49. The predicted molar refractivity (Wildman–Crippen MR) is 75.4 cm³/mol. The minimum atomic E-state index is 0.942. The molecule has 0 unspecified atom stereocenters. The van der Waals surface area contributed by atoms with Crippen LogP contribution in [0.3, 0.4) is 0 Å². The summed E-state index contributed by atoms with van der Waals surface area (Å²) in [5, 5.41) is 0. The molecule has 0 saturated heterocycles. The lowest BCUT2D eigenvalue weighted by molar-refractivity contribution is 1.10. The number of rotatable bonds is 2. The third kappa shape index (κ3) is 2.02. The molecule has 0 atom stereocenters. The van der Waals surface area contributed by atoms with Crippen LogP contribution < -0.4 is 0 Å². The third-order valence-electron chi connectivity index (χ3n) is 3.26. The maximum atomic E-state index is 4.71. The molecule has 0 saturated carbocycles. The van der Waals surface area contributed by atoms with Crippen molar-refractivity contribution in [2.24, 2.45) is 0 Å². The first kappa shape index (κ1) is 11.0. The molecular formula is C16H16N2. The van der Waals surface area contributed by atoms with E-state index >= 15 is 0 Å². The molecule has 2 nitrogen and oxygen atoms in total. The maximum Gasteiger partial charge on any atom is 0.137 e. The van der Waals surface area contributed by atoms with E-state index in [4.69, 9.17) is 4.98 Å². The van der Waals surface area contributed by atoms with Gasteiger partial charge in [-0.2, -0.15) is 0 Å². The molecule has 2 heteroatoms. The van der Waals surface area contributed by atoms with Gasteiger partial charge in [-0.15, -0.1) is 0 Å². The van der Waals surface area contributed by atoms with E-state index in [2.05, 4.69) is 66.2 Å². The second-order valence-electron chi connectivity index (χ2n) is 4.49. The maximum absolute atomic E-state index is 4.71. The van der Waals surface area contributed by atoms with Gasteiger partial charge in [-0.3, -0.25) is 0 Å². The molecule has 0 fully saturated rings. The van der Waals surface area contributed by atoms with Crippen molar-refractivity contribution >= 4 is 11.2 Å². The summed E-state index contributed by atoms with van der Waals surface area (Å²) in [6, 6.07) is 4.31. The molecule has 3 rings (SSSR count). The van der Waals surface area contributed by atoms with Gasteiger partial charge < -0.3 is 4.40 Å². The summed E-state index contributed by atoms with van der Waals surface area (Å²) in [5.41, 5.74) is 4.69. The first-order chi connectivity index (χ1) is 8.86. The van der Waals surface area contributed by atoms with E-state index in [1.807, 2.05) is 0 Å². The summed E-state index contributed by atoms with van der Waals surface area (Å²) in [6.45, 7) is 2.17. The highest BCUT2D eigenvalue weighted by Gasteiger charge is 2.06. The van der Waals surface area contributed by atoms with Crippen molar-refractivity contribution < 1.29 is 0 Å². The van der Waals surface area contributed by atoms with E-state index in [9.17, 15) is 0 Å². The molecule has 0 aliphatic heterocycles. The van der Waals surface area contributed by atoms with Crippen molar-refractivity contribution in [3.05, 3.63) is 66.2 Å². The van der Waals surface area contributed by atoms with Gasteiger partial charge in [0, 0.05) is 12.4 Å². The van der Waals surface area contributed by atoms with Crippen LogP contribution in [0, 0.1) is 0 Å². The predicted octanol–water partition coefficient (Wildman–Crippen LogP) is 3.80. The van der Waals surface area contributed by atoms with Gasteiger partial charge in [0.1, 0.15) is 5.65 Å². The number of fused-ring (bicyclic) bond motifs is 1. The van der Waals surface area contributed by atoms with E-state index in [0.717, 1.165) is 24.2 Å². The fourth-order valence-electron chi connectivity index (χ4n) is 2.17. The fraction of sp³-hybridized carbons (Fsp3) is 0.188. The Morgan fingerprint density at radius 1 is 1.28 bits per heavy atom. The molecule has 1 aliphatic carbocycles. The first-order valence-electron chi connectivity index (χ1n) is 6.37. The van der Waals surface area contributed by atoms with Gasteiger partial charge >= 0.3 is 0 Å². The number of aryl methyl sites for hydroxylation is 1. The van der Waals surface area contributed by atoms with Gasteiger partial charge in [0.15, 0.2) is 0 Å². The van der Waals surface area contributed by atoms with E-state index in [1.165, 1.54) is 11.1 Å². The van der Waals surface area contributed by atoms with Crippen LogP contribution in [0.25, 0.3) is 11.2 Å². The van der Waals surface area contributed by atoms with Gasteiger partial charge in [0.2, 0.25) is 0 Å². The summed E-state index contributed by atoms with van der Waals surface area (Å²) in [4.78, 5) is 4.71. The molecule has 18 heavy (non-hydrogen) atoms. The Morgan fingerprint density at radius 2 is 2.22 bits per heavy atom. The monoisotopic (exact) mass is 236 g/mol. The molecule has 0 N–H and O–H groups in total. The van der Waals surface area contributed by atoms with Crippen LogP contribution >= 0.6 is 0 Å². The van der Waals surface area contributed by atoms with E-state index in [0.29, 0.717) is 0 Å². The van der Waals surface area contributed by atoms with Crippen molar-refractivity contribution in [3.63, 3.8) is 0 Å². The molecule has 0 bridgehead atoms. The Hall–Kier alpha value is -2.09. The molecule has 2 aromatic heterocycles. The Labute approximate surface area is 107 Å². The largest absolute Gasteiger partial charge is 0.306 e. The number of allylic oxidation sites excluding steroid dienone is 6. The quantitative estimate of drug-likeness (QED) is 0.775. The number of nitrogens with zero attached hydrogens (tertiary/aromatic N) is 2. The summed E-state index contributed by atoms with van der Waals surface area (Å²) in [7, 11) is 0. The highest BCUT2D eigenvalue weighted by atomic mass is 15.0. The Morgan fingerprint density at radius 3 is 3.11 bits per heavy atom. The van der Waals surface area contributed by atoms with Crippen LogP contribution in [0.2, 0.25) is 0 Å². The summed E-state index contributed by atoms with van der Waals surface area (Å²) < 4.78 is 2.09. The zero-order valence-corrected chi connectivity index (χ0v) is 10.5. The minimum Gasteiger partial charge on any atom is -0.306 e. The summed E-state index contributed by atoms with van der Waals surface area (Å²) >= 11 is 0. The summed E-state index contributed by atoms with van der Waals surface area (Å²) in [6.07, 6.45) is 16.7. The number of imidazole rings is 1. The Bertz CT molecular complexity index is 657. The van der Waals surface area contributed by atoms with Crippen LogP contribution in [0.1, 0.15) is 24.6 Å². The standard InChI is InChI=1S/C16H16N2/c1-2-13-9-10-18-12-15(17-16(18)11-13)14-7-5-3-4-6-8-14/h3-7,9-12H,2,8H2,1H3. The zero-order chi connectivity index (χ0) is 12.4. The number of pyridine rings is 1. The lowest BCUT2D eigenvalue weighted by Crippen LogP contribution is -1.85. The van der Waals surface area contributed by atoms with Crippen molar-refractivity contribution in [3.8, 4) is 0 Å². The van der Waals surface area contributed by atoms with E-state index in [1.54, 1.807) is 0 Å². The number of aromatic nitrogens is 2. The highest BCUT2D eigenvalue weighted by molar-refractivity contribution is 5.68. The third-order valence-corrected chi connectivity index (χ3v) is 3.26. The van der Waals surface area contributed by atoms with Gasteiger partial charge in [-0.25, -0.2) is 4.98 Å². The molecule has 0 radical (unpaired) electrons. The molecule has 2 heterocycles. The van der Waals surface area contributed by atoms with Crippen LogP contribution in [0.15, 0.2) is 54.9 Å². The van der Waals surface area contributed by atoms with Crippen molar-refractivity contribution in [1.82, 2.24) is 9.38 Å². The Balaban J connectivity index is 2.05. The average molecular weight is 236 g/mol. The van der Waals surface area contributed by atoms with Gasteiger partial charge in [-0.1, -0.05) is 37.3 Å². The zero-order valence-electron chi connectivity index (χ0n) is 10.5.